The SMILES string of the molecule is C[C@@H]1OCC[C@@]1(C)NC(=O)[C@H]1CCCc2ccccc21. The first-order valence-corrected chi connectivity index (χ1v) is 7.61. The Morgan fingerprint density at radius 2 is 2.20 bits per heavy atom. The molecule has 0 unspecified atom stereocenters. The number of rotatable bonds is 2. The molecule has 1 aliphatic carbocycles. The molecule has 3 atom stereocenters. The van der Waals surface area contributed by atoms with Crippen LogP contribution in [0.2, 0.25) is 0 Å². The monoisotopic (exact) mass is 273 g/mol. The van der Waals surface area contributed by atoms with Gasteiger partial charge in [0.15, 0.2) is 0 Å². The molecule has 0 spiro atoms. The van der Waals surface area contributed by atoms with Gasteiger partial charge in [-0.3, -0.25) is 4.79 Å². The molecule has 1 heterocycles. The van der Waals surface area contributed by atoms with Crippen molar-refractivity contribution in [3.8, 4) is 0 Å². The summed E-state index contributed by atoms with van der Waals surface area (Å²) < 4.78 is 5.61. The Morgan fingerprint density at radius 1 is 1.40 bits per heavy atom. The topological polar surface area (TPSA) is 38.3 Å². The molecule has 20 heavy (non-hydrogen) atoms. The number of ether oxygens (including phenoxy) is 1. The number of nitrogens with one attached hydrogen (secondary N) is 1. The van der Waals surface area contributed by atoms with Crippen molar-refractivity contribution in [1.82, 2.24) is 5.32 Å². The van der Waals surface area contributed by atoms with Gasteiger partial charge in [-0.25, -0.2) is 0 Å². The Balaban J connectivity index is 1.79. The predicted molar refractivity (Wildman–Crippen MR) is 78.7 cm³/mol. The second-order valence-corrected chi connectivity index (χ2v) is 6.31. The first kappa shape index (κ1) is 13.6. The molecule has 0 aromatic heterocycles. The molecular weight excluding hydrogens is 250 g/mol. The zero-order valence-corrected chi connectivity index (χ0v) is 12.3. The Kier molecular flexibility index (Phi) is 3.55. The minimum atomic E-state index is -0.219. The largest absolute Gasteiger partial charge is 0.376 e. The molecule has 1 aromatic carbocycles. The van der Waals surface area contributed by atoms with Gasteiger partial charge in [-0.1, -0.05) is 24.3 Å². The van der Waals surface area contributed by atoms with Crippen LogP contribution in [0.15, 0.2) is 24.3 Å². The molecule has 1 amide bonds. The van der Waals surface area contributed by atoms with Crippen LogP contribution in [0.4, 0.5) is 0 Å². The van der Waals surface area contributed by atoms with Crippen molar-refractivity contribution in [3.63, 3.8) is 0 Å². The molecule has 0 saturated carbocycles. The lowest BCUT2D eigenvalue weighted by Crippen LogP contribution is -2.52. The minimum Gasteiger partial charge on any atom is -0.376 e. The van der Waals surface area contributed by atoms with Crippen molar-refractivity contribution < 1.29 is 9.53 Å². The maximum absolute atomic E-state index is 12.7. The average Bonchev–Trinajstić information content (AvgIpc) is 2.77. The Bertz CT molecular complexity index is 513. The van der Waals surface area contributed by atoms with E-state index in [-0.39, 0.29) is 23.5 Å². The van der Waals surface area contributed by atoms with E-state index in [0.717, 1.165) is 32.3 Å². The number of fused-ring (bicyclic) bond motifs is 1. The van der Waals surface area contributed by atoms with Gasteiger partial charge in [0.2, 0.25) is 5.91 Å². The zero-order valence-electron chi connectivity index (χ0n) is 12.3. The quantitative estimate of drug-likeness (QED) is 0.900. The fourth-order valence-electron chi connectivity index (χ4n) is 3.39. The van der Waals surface area contributed by atoms with E-state index in [2.05, 4.69) is 30.4 Å². The lowest BCUT2D eigenvalue weighted by Gasteiger charge is -2.32. The molecule has 1 fully saturated rings. The fraction of sp³-hybridized carbons (Fsp3) is 0.588. The highest BCUT2D eigenvalue weighted by Gasteiger charge is 2.40. The fourth-order valence-corrected chi connectivity index (χ4v) is 3.39. The lowest BCUT2D eigenvalue weighted by molar-refractivity contribution is -0.125. The Morgan fingerprint density at radius 3 is 2.95 bits per heavy atom. The standard InChI is InChI=1S/C17H23NO2/c1-12-17(2,10-11-20-12)18-16(19)15-9-5-7-13-6-3-4-8-14(13)15/h3-4,6,8,12,15H,5,7,9-11H2,1-2H3,(H,18,19)/t12-,15-,17+/m0/s1. The van der Waals surface area contributed by atoms with Crippen molar-refractivity contribution in [2.24, 2.45) is 0 Å². The summed E-state index contributed by atoms with van der Waals surface area (Å²) in [6.45, 7) is 4.87. The van der Waals surface area contributed by atoms with Crippen LogP contribution >= 0.6 is 0 Å². The van der Waals surface area contributed by atoms with Crippen LogP contribution in [0.25, 0.3) is 0 Å². The highest BCUT2D eigenvalue weighted by atomic mass is 16.5. The smallest absolute Gasteiger partial charge is 0.228 e. The van der Waals surface area contributed by atoms with Crippen molar-refractivity contribution in [3.05, 3.63) is 35.4 Å². The summed E-state index contributed by atoms with van der Waals surface area (Å²) in [5.41, 5.74) is 2.33. The number of hydrogen-bond acceptors (Lipinski definition) is 2. The summed E-state index contributed by atoms with van der Waals surface area (Å²) in [5, 5.41) is 3.25. The third-order valence-electron chi connectivity index (χ3n) is 4.98. The maximum atomic E-state index is 12.7. The van der Waals surface area contributed by atoms with E-state index in [9.17, 15) is 4.79 Å². The summed E-state index contributed by atoms with van der Waals surface area (Å²) in [4.78, 5) is 12.7. The molecule has 2 aliphatic rings. The van der Waals surface area contributed by atoms with Gasteiger partial charge in [0.25, 0.3) is 0 Å². The van der Waals surface area contributed by atoms with E-state index in [1.54, 1.807) is 0 Å². The molecule has 1 aliphatic heterocycles. The highest BCUT2D eigenvalue weighted by molar-refractivity contribution is 5.85. The Labute approximate surface area is 120 Å². The van der Waals surface area contributed by atoms with Crippen LogP contribution in [0.5, 0.6) is 0 Å². The first-order valence-electron chi connectivity index (χ1n) is 7.61. The molecule has 3 heteroatoms. The first-order chi connectivity index (χ1) is 9.60. The highest BCUT2D eigenvalue weighted by Crippen LogP contribution is 2.33. The van der Waals surface area contributed by atoms with E-state index in [1.807, 2.05) is 13.0 Å². The number of hydrogen-bond donors (Lipinski definition) is 1. The van der Waals surface area contributed by atoms with Crippen molar-refractivity contribution in [2.75, 3.05) is 6.61 Å². The van der Waals surface area contributed by atoms with Gasteiger partial charge >= 0.3 is 0 Å². The Hall–Kier alpha value is -1.35. The molecule has 108 valence electrons. The molecule has 1 aromatic rings. The summed E-state index contributed by atoms with van der Waals surface area (Å²) in [6.07, 6.45) is 4.13. The van der Waals surface area contributed by atoms with Gasteiger partial charge in [-0.15, -0.1) is 0 Å². The third-order valence-corrected chi connectivity index (χ3v) is 4.98. The molecule has 0 radical (unpaired) electrons. The second kappa shape index (κ2) is 5.21. The van der Waals surface area contributed by atoms with E-state index < -0.39 is 0 Å². The number of carbonyl (C=O) groups is 1. The van der Waals surface area contributed by atoms with Gasteiger partial charge in [0.05, 0.1) is 17.6 Å². The summed E-state index contributed by atoms with van der Waals surface area (Å²) in [6, 6.07) is 8.36. The maximum Gasteiger partial charge on any atom is 0.228 e. The van der Waals surface area contributed by atoms with Gasteiger partial charge in [0.1, 0.15) is 0 Å². The van der Waals surface area contributed by atoms with Crippen molar-refractivity contribution in [2.45, 2.75) is 57.1 Å². The molecule has 3 rings (SSSR count). The number of carbonyl (C=O) groups excluding carboxylic acids is 1. The van der Waals surface area contributed by atoms with Gasteiger partial charge in [-0.05, 0) is 50.7 Å². The molecule has 1 N–H and O–H groups in total. The van der Waals surface area contributed by atoms with Crippen molar-refractivity contribution in [1.29, 1.82) is 0 Å². The summed E-state index contributed by atoms with van der Waals surface area (Å²) in [7, 11) is 0. The zero-order chi connectivity index (χ0) is 14.2. The van der Waals surface area contributed by atoms with Crippen LogP contribution in [-0.4, -0.2) is 24.2 Å². The second-order valence-electron chi connectivity index (χ2n) is 6.31. The van der Waals surface area contributed by atoms with Crippen LogP contribution in [0.3, 0.4) is 0 Å². The molecule has 3 nitrogen and oxygen atoms in total. The lowest BCUT2D eigenvalue weighted by atomic mass is 9.81. The number of aryl methyl sites for hydroxylation is 1. The number of amides is 1. The normalized spacial score (nSPS) is 32.7. The van der Waals surface area contributed by atoms with Crippen molar-refractivity contribution >= 4 is 5.91 Å². The van der Waals surface area contributed by atoms with Crippen LogP contribution in [-0.2, 0) is 16.0 Å². The van der Waals surface area contributed by atoms with E-state index in [0.29, 0.717) is 0 Å². The van der Waals surface area contributed by atoms with Gasteiger partial charge in [-0.2, -0.15) is 0 Å². The summed E-state index contributed by atoms with van der Waals surface area (Å²) in [5.74, 6) is 0.168. The molecule has 0 bridgehead atoms. The van der Waals surface area contributed by atoms with E-state index in [4.69, 9.17) is 4.74 Å². The third kappa shape index (κ3) is 2.35. The van der Waals surface area contributed by atoms with Gasteiger partial charge in [0, 0.05) is 6.61 Å². The average molecular weight is 273 g/mol. The molecular formula is C17H23NO2. The van der Waals surface area contributed by atoms with Crippen LogP contribution in [0, 0.1) is 0 Å². The molecule has 1 saturated heterocycles. The van der Waals surface area contributed by atoms with Gasteiger partial charge < -0.3 is 10.1 Å². The van der Waals surface area contributed by atoms with Crippen LogP contribution < -0.4 is 5.32 Å². The predicted octanol–water partition coefficient (Wildman–Crippen LogP) is 2.79. The van der Waals surface area contributed by atoms with E-state index >= 15 is 0 Å². The van der Waals surface area contributed by atoms with E-state index in [1.165, 1.54) is 11.1 Å². The summed E-state index contributed by atoms with van der Waals surface area (Å²) >= 11 is 0. The van der Waals surface area contributed by atoms with Crippen LogP contribution in [0.1, 0.15) is 50.2 Å². The minimum absolute atomic E-state index is 0.00424. The number of benzene rings is 1.